The van der Waals surface area contributed by atoms with E-state index in [2.05, 4.69) is 18.3 Å². The minimum atomic E-state index is -0.620. The van der Waals surface area contributed by atoms with E-state index in [1.165, 1.54) is 0 Å². The summed E-state index contributed by atoms with van der Waals surface area (Å²) in [4.78, 5) is 13.7. The summed E-state index contributed by atoms with van der Waals surface area (Å²) in [5, 5.41) is 12.7. The van der Waals surface area contributed by atoms with Crippen LogP contribution in [0.3, 0.4) is 0 Å². The van der Waals surface area contributed by atoms with Gasteiger partial charge in [0.15, 0.2) is 0 Å². The van der Waals surface area contributed by atoms with Crippen LogP contribution in [0.5, 0.6) is 0 Å². The van der Waals surface area contributed by atoms with Gasteiger partial charge in [-0.15, -0.1) is 0 Å². The Labute approximate surface area is 115 Å². The number of carbonyl (C=O) groups excluding carboxylic acids is 1. The van der Waals surface area contributed by atoms with E-state index in [0.717, 1.165) is 25.8 Å². The van der Waals surface area contributed by atoms with Crippen LogP contribution in [0.1, 0.15) is 47.0 Å². The molecule has 5 nitrogen and oxygen atoms in total. The lowest BCUT2D eigenvalue weighted by atomic mass is 9.90. The van der Waals surface area contributed by atoms with Crippen molar-refractivity contribution >= 4 is 6.09 Å². The van der Waals surface area contributed by atoms with E-state index < -0.39 is 11.1 Å². The first-order chi connectivity index (χ1) is 8.82. The Balaban J connectivity index is 2.67. The highest BCUT2D eigenvalue weighted by Crippen LogP contribution is 2.22. The Morgan fingerprint density at radius 2 is 2.21 bits per heavy atom. The Kier molecular flexibility index (Phi) is 5.19. The van der Waals surface area contributed by atoms with Crippen LogP contribution in [0, 0.1) is 11.3 Å². The Bertz CT molecular complexity index is 357. The number of amides is 1. The van der Waals surface area contributed by atoms with Gasteiger partial charge in [-0.25, -0.2) is 4.79 Å². The van der Waals surface area contributed by atoms with Crippen LogP contribution in [0.25, 0.3) is 0 Å². The summed E-state index contributed by atoms with van der Waals surface area (Å²) in [6.07, 6.45) is 2.24. The number of nitrogens with zero attached hydrogens (tertiary/aromatic N) is 2. The molecule has 1 aliphatic rings. The zero-order valence-corrected chi connectivity index (χ0v) is 12.5. The van der Waals surface area contributed by atoms with Crippen molar-refractivity contribution in [3.05, 3.63) is 0 Å². The molecule has 1 amide bonds. The topological polar surface area (TPSA) is 65.4 Å². The van der Waals surface area contributed by atoms with Crippen molar-refractivity contribution in [1.29, 1.82) is 5.26 Å². The molecule has 0 aromatic rings. The van der Waals surface area contributed by atoms with Gasteiger partial charge in [-0.05, 0) is 46.6 Å². The predicted molar refractivity (Wildman–Crippen MR) is 73.7 cm³/mol. The quantitative estimate of drug-likeness (QED) is 0.852. The molecule has 1 unspecified atom stereocenters. The number of nitriles is 1. The molecule has 0 aliphatic carbocycles. The molecule has 0 bridgehead atoms. The number of hydrogen-bond acceptors (Lipinski definition) is 4. The van der Waals surface area contributed by atoms with Gasteiger partial charge in [0.2, 0.25) is 0 Å². The molecule has 1 atom stereocenters. The smallest absolute Gasteiger partial charge is 0.410 e. The maximum Gasteiger partial charge on any atom is 0.410 e. The third-order valence-electron chi connectivity index (χ3n) is 3.07. The highest BCUT2D eigenvalue weighted by Gasteiger charge is 2.38. The van der Waals surface area contributed by atoms with Crippen LogP contribution in [0.4, 0.5) is 4.79 Å². The van der Waals surface area contributed by atoms with Crippen molar-refractivity contribution in [3.8, 4) is 6.07 Å². The van der Waals surface area contributed by atoms with Gasteiger partial charge < -0.3 is 9.64 Å². The number of likely N-dealkylation sites (tertiary alicyclic amines) is 1. The standard InChI is InChI=1S/C14H25N3O2/c1-5-8-16-14(10-15)7-6-9-17(11-14)12(18)19-13(2,3)4/h16H,5-9,11H2,1-4H3. The van der Waals surface area contributed by atoms with Crippen LogP contribution < -0.4 is 5.32 Å². The number of piperidine rings is 1. The molecule has 1 N–H and O–H groups in total. The second kappa shape index (κ2) is 6.25. The third-order valence-corrected chi connectivity index (χ3v) is 3.07. The van der Waals surface area contributed by atoms with E-state index in [4.69, 9.17) is 4.74 Å². The number of nitrogens with one attached hydrogen (secondary N) is 1. The number of rotatable bonds is 3. The van der Waals surface area contributed by atoms with Crippen LogP contribution in [-0.4, -0.2) is 41.8 Å². The number of carbonyl (C=O) groups is 1. The van der Waals surface area contributed by atoms with Gasteiger partial charge in [0.1, 0.15) is 11.1 Å². The van der Waals surface area contributed by atoms with Crippen LogP contribution in [0.2, 0.25) is 0 Å². The van der Waals surface area contributed by atoms with Crippen molar-refractivity contribution < 1.29 is 9.53 Å². The maximum absolute atomic E-state index is 12.1. The first-order valence-electron chi connectivity index (χ1n) is 6.96. The van der Waals surface area contributed by atoms with Gasteiger partial charge in [0.25, 0.3) is 0 Å². The summed E-state index contributed by atoms with van der Waals surface area (Å²) < 4.78 is 5.37. The molecule has 0 saturated carbocycles. The van der Waals surface area contributed by atoms with E-state index >= 15 is 0 Å². The van der Waals surface area contributed by atoms with Crippen molar-refractivity contribution in [2.45, 2.75) is 58.1 Å². The molecule has 0 spiro atoms. The van der Waals surface area contributed by atoms with E-state index in [9.17, 15) is 10.1 Å². The van der Waals surface area contributed by atoms with E-state index in [-0.39, 0.29) is 6.09 Å². The van der Waals surface area contributed by atoms with Gasteiger partial charge in [0, 0.05) is 6.54 Å². The number of ether oxygens (including phenoxy) is 1. The second-order valence-electron chi connectivity index (χ2n) is 6.13. The summed E-state index contributed by atoms with van der Waals surface area (Å²) in [7, 11) is 0. The van der Waals surface area contributed by atoms with E-state index in [0.29, 0.717) is 13.1 Å². The molecular formula is C14H25N3O2. The zero-order valence-electron chi connectivity index (χ0n) is 12.5. The Hall–Kier alpha value is -1.28. The largest absolute Gasteiger partial charge is 0.444 e. The fraction of sp³-hybridized carbons (Fsp3) is 0.857. The van der Waals surface area contributed by atoms with Crippen molar-refractivity contribution in [3.63, 3.8) is 0 Å². The first-order valence-corrected chi connectivity index (χ1v) is 6.96. The molecule has 1 aliphatic heterocycles. The normalized spacial score (nSPS) is 23.8. The molecule has 0 aromatic heterocycles. The highest BCUT2D eigenvalue weighted by molar-refractivity contribution is 5.68. The molecular weight excluding hydrogens is 242 g/mol. The molecule has 19 heavy (non-hydrogen) atoms. The summed E-state index contributed by atoms with van der Waals surface area (Å²) in [5.74, 6) is 0. The van der Waals surface area contributed by atoms with Gasteiger partial charge in [-0.1, -0.05) is 6.92 Å². The first kappa shape index (κ1) is 15.8. The van der Waals surface area contributed by atoms with E-state index in [1.54, 1.807) is 4.90 Å². The summed E-state index contributed by atoms with van der Waals surface area (Å²) in [6, 6.07) is 2.34. The number of hydrogen-bond donors (Lipinski definition) is 1. The van der Waals surface area contributed by atoms with Crippen molar-refractivity contribution in [2.75, 3.05) is 19.6 Å². The monoisotopic (exact) mass is 267 g/mol. The van der Waals surface area contributed by atoms with Crippen molar-refractivity contribution in [1.82, 2.24) is 10.2 Å². The van der Waals surface area contributed by atoms with Crippen LogP contribution in [0.15, 0.2) is 0 Å². The predicted octanol–water partition coefficient (Wildman–Crippen LogP) is 2.28. The van der Waals surface area contributed by atoms with Gasteiger partial charge >= 0.3 is 6.09 Å². The Morgan fingerprint density at radius 3 is 2.74 bits per heavy atom. The lowest BCUT2D eigenvalue weighted by molar-refractivity contribution is 0.0151. The van der Waals surface area contributed by atoms with Crippen LogP contribution >= 0.6 is 0 Å². The lowest BCUT2D eigenvalue weighted by Crippen LogP contribution is -2.58. The molecule has 1 saturated heterocycles. The molecule has 5 heteroatoms. The van der Waals surface area contributed by atoms with Crippen LogP contribution in [-0.2, 0) is 4.74 Å². The summed E-state index contributed by atoms with van der Waals surface area (Å²) in [5.41, 5.74) is -1.12. The summed E-state index contributed by atoms with van der Waals surface area (Å²) >= 11 is 0. The molecule has 108 valence electrons. The van der Waals surface area contributed by atoms with E-state index in [1.807, 2.05) is 20.8 Å². The molecule has 1 heterocycles. The average molecular weight is 267 g/mol. The van der Waals surface area contributed by atoms with Gasteiger partial charge in [0.05, 0.1) is 12.6 Å². The maximum atomic E-state index is 12.1. The third kappa shape index (κ3) is 4.71. The zero-order chi connectivity index (χ0) is 14.5. The average Bonchev–Trinajstić information content (AvgIpc) is 2.34. The Morgan fingerprint density at radius 1 is 1.53 bits per heavy atom. The molecule has 0 aromatic carbocycles. The minimum Gasteiger partial charge on any atom is -0.444 e. The molecule has 0 radical (unpaired) electrons. The SMILES string of the molecule is CCCNC1(C#N)CCCN(C(=O)OC(C)(C)C)C1. The minimum absolute atomic E-state index is 0.329. The second-order valence-corrected chi connectivity index (χ2v) is 6.13. The molecule has 1 rings (SSSR count). The van der Waals surface area contributed by atoms with Gasteiger partial charge in [-0.2, -0.15) is 5.26 Å². The van der Waals surface area contributed by atoms with Gasteiger partial charge in [-0.3, -0.25) is 5.32 Å². The van der Waals surface area contributed by atoms with Crippen molar-refractivity contribution in [2.24, 2.45) is 0 Å². The fourth-order valence-electron chi connectivity index (χ4n) is 2.18. The molecule has 1 fully saturated rings. The fourth-order valence-corrected chi connectivity index (χ4v) is 2.18. The summed E-state index contributed by atoms with van der Waals surface area (Å²) in [6.45, 7) is 9.46. The lowest BCUT2D eigenvalue weighted by Gasteiger charge is -2.39. The highest BCUT2D eigenvalue weighted by atomic mass is 16.6.